The maximum Gasteiger partial charge on any atom is 0.247 e. The number of rotatable bonds is 20. The van der Waals surface area contributed by atoms with Crippen LogP contribution >= 0.6 is 22.6 Å². The van der Waals surface area contributed by atoms with Crippen LogP contribution in [0.5, 0.6) is 11.5 Å². The molecule has 2 aliphatic rings. The van der Waals surface area contributed by atoms with E-state index in [0.29, 0.717) is 45.8 Å². The van der Waals surface area contributed by atoms with Crippen molar-refractivity contribution in [3.63, 3.8) is 0 Å². The first kappa shape index (κ1) is 37.5. The molecule has 0 radical (unpaired) electrons. The van der Waals surface area contributed by atoms with Gasteiger partial charge in [0.25, 0.3) is 0 Å². The number of carbonyl (C=O) groups is 2. The molecule has 1 aromatic carbocycles. The molecule has 4 atom stereocenters. The highest BCUT2D eigenvalue weighted by atomic mass is 127. The molecule has 254 valence electrons. The molecule has 0 spiro atoms. The van der Waals surface area contributed by atoms with E-state index >= 15 is 0 Å². The standard InChI is InChI=1S/C34H53IN2O8/c1-3-4-5-6-7-8-9-10-11-14-31(40)37(22-26-13-12-17-44-26)28-20-25(34(42)36-15-16-38)21-29(32(28)41)45-33-27(35)18-24(23-39)19-30(33)43-2/h18-19,21,26,28-29,32,38-39,41H,3-17,20,22-23H2,1-2H3,(H,36,42). The van der Waals surface area contributed by atoms with E-state index in [9.17, 15) is 24.9 Å². The van der Waals surface area contributed by atoms with Crippen molar-refractivity contribution in [2.45, 2.75) is 121 Å². The van der Waals surface area contributed by atoms with Gasteiger partial charge >= 0.3 is 0 Å². The fourth-order valence-corrected chi connectivity index (χ4v) is 6.85. The Morgan fingerprint density at radius 3 is 2.42 bits per heavy atom. The zero-order valence-corrected chi connectivity index (χ0v) is 29.1. The second kappa shape index (κ2) is 20.3. The maximum atomic E-state index is 13.8. The first-order chi connectivity index (χ1) is 21.8. The molecule has 1 fully saturated rings. The fraction of sp³-hybridized carbons (Fsp3) is 0.706. The third-order valence-corrected chi connectivity index (χ3v) is 9.38. The quantitative estimate of drug-likeness (QED) is 0.112. The average molecular weight is 745 g/mol. The number of ether oxygens (including phenoxy) is 3. The van der Waals surface area contributed by atoms with Gasteiger partial charge in [-0.3, -0.25) is 9.59 Å². The second-order valence-corrected chi connectivity index (χ2v) is 13.2. The number of hydrogen-bond donors (Lipinski definition) is 4. The summed E-state index contributed by atoms with van der Waals surface area (Å²) < 4.78 is 18.5. The Morgan fingerprint density at radius 1 is 1.09 bits per heavy atom. The van der Waals surface area contributed by atoms with Crippen LogP contribution in [0.2, 0.25) is 0 Å². The molecule has 3 rings (SSSR count). The summed E-state index contributed by atoms with van der Waals surface area (Å²) in [5.41, 5.74) is 1.02. The van der Waals surface area contributed by atoms with E-state index in [0.717, 1.165) is 32.1 Å². The molecule has 4 unspecified atom stereocenters. The Morgan fingerprint density at radius 2 is 1.80 bits per heavy atom. The summed E-state index contributed by atoms with van der Waals surface area (Å²) in [4.78, 5) is 28.7. The predicted molar refractivity (Wildman–Crippen MR) is 181 cm³/mol. The lowest BCUT2D eigenvalue weighted by Gasteiger charge is -2.41. The summed E-state index contributed by atoms with van der Waals surface area (Å²) in [5, 5.41) is 33.4. The van der Waals surface area contributed by atoms with Gasteiger partial charge in [-0.1, -0.05) is 58.3 Å². The van der Waals surface area contributed by atoms with Crippen molar-refractivity contribution in [1.82, 2.24) is 10.2 Å². The van der Waals surface area contributed by atoms with Gasteiger partial charge in [0, 0.05) is 38.1 Å². The molecule has 10 nitrogen and oxygen atoms in total. The molecule has 1 aliphatic heterocycles. The Kier molecular flexibility index (Phi) is 17.0. The van der Waals surface area contributed by atoms with Gasteiger partial charge in [-0.25, -0.2) is 0 Å². The third kappa shape index (κ3) is 11.7. The topological polar surface area (TPSA) is 138 Å². The molecule has 4 N–H and O–H groups in total. The lowest BCUT2D eigenvalue weighted by molar-refractivity contribution is -0.141. The van der Waals surface area contributed by atoms with Crippen LogP contribution in [0.3, 0.4) is 0 Å². The Bertz CT molecular complexity index is 1090. The van der Waals surface area contributed by atoms with E-state index in [1.54, 1.807) is 23.1 Å². The number of methoxy groups -OCH3 is 1. The van der Waals surface area contributed by atoms with Gasteiger partial charge in [0.15, 0.2) is 11.5 Å². The number of aliphatic hydroxyl groups is 3. The van der Waals surface area contributed by atoms with E-state index in [-0.39, 0.29) is 44.1 Å². The molecule has 0 aromatic heterocycles. The highest BCUT2D eigenvalue weighted by Crippen LogP contribution is 2.37. The number of hydrogen-bond acceptors (Lipinski definition) is 8. The van der Waals surface area contributed by atoms with Gasteiger partial charge < -0.3 is 39.7 Å². The molecule has 1 heterocycles. The van der Waals surface area contributed by atoms with Crippen LogP contribution in [0.15, 0.2) is 23.8 Å². The Hall–Kier alpha value is -1.93. The number of amides is 2. The number of nitrogens with one attached hydrogen (secondary N) is 1. The van der Waals surface area contributed by atoms with E-state index < -0.39 is 18.2 Å². The summed E-state index contributed by atoms with van der Waals surface area (Å²) >= 11 is 2.09. The maximum absolute atomic E-state index is 13.8. The SMILES string of the molecule is CCCCCCCCCCCC(=O)N(CC1CCCO1)C1CC(C(=O)NCCO)=CC(Oc2c(I)cc(CO)cc2OC)C1O. The van der Waals surface area contributed by atoms with E-state index in [1.807, 2.05) is 0 Å². The van der Waals surface area contributed by atoms with Crippen molar-refractivity contribution in [3.8, 4) is 11.5 Å². The highest BCUT2D eigenvalue weighted by Gasteiger charge is 2.41. The van der Waals surface area contributed by atoms with Crippen molar-refractivity contribution >= 4 is 34.4 Å². The highest BCUT2D eigenvalue weighted by molar-refractivity contribution is 14.1. The molecule has 45 heavy (non-hydrogen) atoms. The number of carbonyl (C=O) groups excluding carboxylic acids is 2. The largest absolute Gasteiger partial charge is 0.493 e. The number of aliphatic hydroxyl groups excluding tert-OH is 3. The van der Waals surface area contributed by atoms with Crippen molar-refractivity contribution in [3.05, 3.63) is 32.9 Å². The summed E-state index contributed by atoms with van der Waals surface area (Å²) in [6.45, 7) is 2.90. The van der Waals surface area contributed by atoms with Gasteiger partial charge in [0.2, 0.25) is 11.8 Å². The minimum absolute atomic E-state index is 0.0623. The van der Waals surface area contributed by atoms with Gasteiger partial charge in [0.05, 0.1) is 36.0 Å². The summed E-state index contributed by atoms with van der Waals surface area (Å²) in [6.07, 6.45) is 12.0. The molecule has 11 heteroatoms. The number of halogens is 1. The predicted octanol–water partition coefficient (Wildman–Crippen LogP) is 4.64. The average Bonchev–Trinajstić information content (AvgIpc) is 3.56. The Balaban J connectivity index is 1.80. The molecule has 1 saturated heterocycles. The lowest BCUT2D eigenvalue weighted by Crippen LogP contribution is -2.56. The van der Waals surface area contributed by atoms with E-state index in [4.69, 9.17) is 14.2 Å². The first-order valence-corrected chi connectivity index (χ1v) is 17.7. The molecular formula is C34H53IN2O8. The number of unbranched alkanes of at least 4 members (excludes halogenated alkanes) is 8. The molecule has 2 amide bonds. The van der Waals surface area contributed by atoms with Gasteiger partial charge in [-0.2, -0.15) is 0 Å². The van der Waals surface area contributed by atoms with Crippen LogP contribution in [0.25, 0.3) is 0 Å². The first-order valence-electron chi connectivity index (χ1n) is 16.7. The number of nitrogens with zero attached hydrogens (tertiary/aromatic N) is 1. The number of benzene rings is 1. The summed E-state index contributed by atoms with van der Waals surface area (Å²) in [5.74, 6) is 0.318. The zero-order chi connectivity index (χ0) is 32.6. The van der Waals surface area contributed by atoms with Gasteiger partial charge in [-0.05, 0) is 65.6 Å². The van der Waals surface area contributed by atoms with E-state index in [2.05, 4.69) is 34.8 Å². The zero-order valence-electron chi connectivity index (χ0n) is 27.0. The normalized spacial score (nSPS) is 21.3. The van der Waals surface area contributed by atoms with Crippen LogP contribution < -0.4 is 14.8 Å². The second-order valence-electron chi connectivity index (χ2n) is 12.0. The molecule has 1 aromatic rings. The van der Waals surface area contributed by atoms with Crippen LogP contribution in [0, 0.1) is 3.57 Å². The smallest absolute Gasteiger partial charge is 0.247 e. The minimum Gasteiger partial charge on any atom is -0.493 e. The van der Waals surface area contributed by atoms with Crippen LogP contribution in [0.1, 0.15) is 96.0 Å². The van der Waals surface area contributed by atoms with Gasteiger partial charge in [-0.15, -0.1) is 0 Å². The third-order valence-electron chi connectivity index (χ3n) is 8.58. The van der Waals surface area contributed by atoms with Gasteiger partial charge in [0.1, 0.15) is 12.2 Å². The Labute approximate surface area is 282 Å². The van der Waals surface area contributed by atoms with Crippen LogP contribution in [0.4, 0.5) is 0 Å². The molecule has 0 saturated carbocycles. The van der Waals surface area contributed by atoms with Crippen LogP contribution in [-0.2, 0) is 20.9 Å². The minimum atomic E-state index is -1.13. The van der Waals surface area contributed by atoms with Crippen molar-refractivity contribution in [2.75, 3.05) is 33.4 Å². The van der Waals surface area contributed by atoms with Crippen molar-refractivity contribution in [1.29, 1.82) is 0 Å². The van der Waals surface area contributed by atoms with E-state index in [1.165, 1.54) is 45.6 Å². The fourth-order valence-electron chi connectivity index (χ4n) is 6.05. The van der Waals surface area contributed by atoms with Crippen LogP contribution in [-0.4, -0.2) is 89.8 Å². The summed E-state index contributed by atoms with van der Waals surface area (Å²) in [7, 11) is 1.50. The van der Waals surface area contributed by atoms with Crippen molar-refractivity contribution in [2.24, 2.45) is 0 Å². The molecular weight excluding hydrogens is 691 g/mol. The molecule has 1 aliphatic carbocycles. The monoisotopic (exact) mass is 744 g/mol. The van der Waals surface area contributed by atoms with Crippen molar-refractivity contribution < 1.29 is 39.1 Å². The lowest BCUT2D eigenvalue weighted by atomic mass is 9.87. The molecule has 0 bridgehead atoms. The summed E-state index contributed by atoms with van der Waals surface area (Å²) in [6, 6.07) is 2.72.